The lowest BCUT2D eigenvalue weighted by Crippen LogP contribution is -2.53. The van der Waals surface area contributed by atoms with Gasteiger partial charge in [-0.1, -0.05) is 44.2 Å². The Bertz CT molecular complexity index is 1210. The first-order valence-corrected chi connectivity index (χ1v) is 14.9. The van der Waals surface area contributed by atoms with Gasteiger partial charge in [0.05, 0.1) is 35.9 Å². The van der Waals surface area contributed by atoms with Crippen molar-refractivity contribution in [3.05, 3.63) is 65.7 Å². The van der Waals surface area contributed by atoms with E-state index in [1.165, 1.54) is 28.6 Å². The first kappa shape index (κ1) is 30.5. The molecule has 220 valence electrons. The average molecular weight is 579 g/mol. The van der Waals surface area contributed by atoms with Crippen LogP contribution in [0, 0.1) is 11.8 Å². The predicted molar refractivity (Wildman–Crippen MR) is 145 cm³/mol. The zero-order valence-corrected chi connectivity index (χ0v) is 23.4. The van der Waals surface area contributed by atoms with Crippen LogP contribution in [0.5, 0.6) is 0 Å². The molecule has 0 unspecified atom stereocenters. The van der Waals surface area contributed by atoms with Gasteiger partial charge >= 0.3 is 5.97 Å². The summed E-state index contributed by atoms with van der Waals surface area (Å²) in [6, 6.07) is 13.6. The molecule has 2 aromatic carbocycles. The van der Waals surface area contributed by atoms with Crippen LogP contribution in [0.4, 0.5) is 0 Å². The predicted octanol–water partition coefficient (Wildman–Crippen LogP) is 1.65. The monoisotopic (exact) mass is 578 g/mol. The number of nitrogens with one attached hydrogen (secondary N) is 1. The number of hydrogen-bond donors (Lipinski definition) is 4. The van der Waals surface area contributed by atoms with Crippen LogP contribution in [0.25, 0.3) is 0 Å². The van der Waals surface area contributed by atoms with Gasteiger partial charge in [-0.2, -0.15) is 4.31 Å². The largest absolute Gasteiger partial charge is 0.478 e. The number of hydrogen-bond acceptors (Lipinski definition) is 9. The number of ether oxygens (including phenoxy) is 3. The highest BCUT2D eigenvalue weighted by atomic mass is 32.2. The van der Waals surface area contributed by atoms with E-state index in [2.05, 4.69) is 5.32 Å². The zero-order chi connectivity index (χ0) is 28.9. The Morgan fingerprint density at radius 3 is 2.42 bits per heavy atom. The van der Waals surface area contributed by atoms with Gasteiger partial charge in [-0.05, 0) is 48.6 Å². The summed E-state index contributed by atoms with van der Waals surface area (Å²) in [5, 5.41) is 34.3. The third-order valence-corrected chi connectivity index (χ3v) is 8.95. The maximum Gasteiger partial charge on any atom is 0.335 e. The Morgan fingerprint density at radius 2 is 1.77 bits per heavy atom. The van der Waals surface area contributed by atoms with Crippen LogP contribution >= 0.6 is 0 Å². The standard InChI is InChI=1S/C28H38N2O9S/c1-18(2)15-30(40(35,36)21-10-8-20(9-11-21)26(32)33)16-24(31)23(14-19-6-4-3-5-7-19)29-28(34)39-25-17-38-27-22(25)12-13-37-27/h3-11,18,22-25,27-29,31,34H,12-17H2,1-2H3,(H,32,33)/t22-,23-,24+,25-,27+,28-/m0/s1. The number of carbonyl (C=O) groups is 1. The molecule has 4 rings (SSSR count). The highest BCUT2D eigenvalue weighted by molar-refractivity contribution is 7.89. The molecule has 40 heavy (non-hydrogen) atoms. The van der Waals surface area contributed by atoms with Crippen molar-refractivity contribution in [1.29, 1.82) is 0 Å². The number of sulfonamides is 1. The van der Waals surface area contributed by atoms with Crippen LogP contribution < -0.4 is 5.32 Å². The van der Waals surface area contributed by atoms with Crippen molar-refractivity contribution < 1.29 is 42.7 Å². The molecule has 0 bridgehead atoms. The number of benzene rings is 2. The van der Waals surface area contributed by atoms with E-state index >= 15 is 0 Å². The van der Waals surface area contributed by atoms with Gasteiger partial charge in [0.1, 0.15) is 0 Å². The van der Waals surface area contributed by atoms with Gasteiger partial charge in [0.2, 0.25) is 16.4 Å². The molecular weight excluding hydrogens is 540 g/mol. The summed E-state index contributed by atoms with van der Waals surface area (Å²) >= 11 is 0. The molecule has 2 heterocycles. The molecule has 0 spiro atoms. The summed E-state index contributed by atoms with van der Waals surface area (Å²) in [5.41, 5.74) is 0.848. The summed E-state index contributed by atoms with van der Waals surface area (Å²) in [6.07, 6.45) is -2.34. The quantitative estimate of drug-likeness (QED) is 0.243. The number of rotatable bonds is 14. The minimum atomic E-state index is -4.07. The SMILES string of the molecule is CC(C)CN(C[C@@H](O)[C@H](Cc1ccccc1)N[C@@H](O)O[C@H]1CO[C@H]2OCC[C@H]21)S(=O)(=O)c1ccc(C(=O)O)cc1. The van der Waals surface area contributed by atoms with E-state index in [1.807, 2.05) is 44.2 Å². The van der Waals surface area contributed by atoms with E-state index in [4.69, 9.17) is 14.2 Å². The summed E-state index contributed by atoms with van der Waals surface area (Å²) in [6.45, 7) is 4.43. The molecule has 0 radical (unpaired) electrons. The summed E-state index contributed by atoms with van der Waals surface area (Å²) in [4.78, 5) is 11.1. The molecule has 0 aliphatic carbocycles. The van der Waals surface area contributed by atoms with Gasteiger partial charge in [-0.25, -0.2) is 13.2 Å². The van der Waals surface area contributed by atoms with Crippen molar-refractivity contribution >= 4 is 16.0 Å². The second kappa shape index (κ2) is 13.5. The van der Waals surface area contributed by atoms with Crippen LogP contribution in [-0.4, -0.2) is 91.3 Å². The maximum atomic E-state index is 13.6. The second-order valence-electron chi connectivity index (χ2n) is 10.6. The molecule has 0 saturated carbocycles. The van der Waals surface area contributed by atoms with E-state index < -0.39 is 34.6 Å². The number of nitrogens with zero attached hydrogens (tertiary/aromatic N) is 1. The third-order valence-electron chi connectivity index (χ3n) is 7.11. The summed E-state index contributed by atoms with van der Waals surface area (Å²) in [7, 11) is -4.07. The van der Waals surface area contributed by atoms with Gasteiger partial charge in [-0.3, -0.25) is 5.32 Å². The van der Waals surface area contributed by atoms with Crippen molar-refractivity contribution in [3.8, 4) is 0 Å². The van der Waals surface area contributed by atoms with Gasteiger partial charge < -0.3 is 29.5 Å². The van der Waals surface area contributed by atoms with E-state index in [1.54, 1.807) is 0 Å². The third kappa shape index (κ3) is 7.65. The van der Waals surface area contributed by atoms with Crippen LogP contribution in [-0.2, 0) is 30.7 Å². The fourth-order valence-electron chi connectivity index (χ4n) is 5.06. The van der Waals surface area contributed by atoms with Gasteiger partial charge in [0, 0.05) is 25.0 Å². The molecule has 2 saturated heterocycles. The number of aliphatic hydroxyl groups is 2. The number of carboxylic acids is 1. The number of aliphatic hydroxyl groups excluding tert-OH is 2. The minimum Gasteiger partial charge on any atom is -0.478 e. The van der Waals surface area contributed by atoms with Gasteiger partial charge in [0.25, 0.3) is 0 Å². The molecule has 6 atom stereocenters. The van der Waals surface area contributed by atoms with Crippen molar-refractivity contribution in [2.45, 2.75) is 62.5 Å². The van der Waals surface area contributed by atoms with Crippen LogP contribution in [0.1, 0.15) is 36.2 Å². The van der Waals surface area contributed by atoms with Crippen molar-refractivity contribution in [2.75, 3.05) is 26.3 Å². The summed E-state index contributed by atoms with van der Waals surface area (Å²) < 4.78 is 45.3. The van der Waals surface area contributed by atoms with E-state index in [-0.39, 0.29) is 54.4 Å². The normalized spacial score (nSPS) is 23.3. The molecule has 0 aromatic heterocycles. The number of aromatic carboxylic acids is 1. The number of carboxylic acid groups (broad SMARTS) is 1. The Balaban J connectivity index is 1.51. The minimum absolute atomic E-state index is 0.00754. The Morgan fingerprint density at radius 1 is 1.07 bits per heavy atom. The first-order chi connectivity index (χ1) is 19.0. The van der Waals surface area contributed by atoms with Crippen LogP contribution in [0.3, 0.4) is 0 Å². The fourth-order valence-corrected chi connectivity index (χ4v) is 6.68. The average Bonchev–Trinajstić information content (AvgIpc) is 3.53. The Labute approximate surface area is 234 Å². The van der Waals surface area contributed by atoms with Crippen LogP contribution in [0.2, 0.25) is 0 Å². The smallest absolute Gasteiger partial charge is 0.335 e. The lowest BCUT2D eigenvalue weighted by atomic mass is 10.0. The topological polar surface area (TPSA) is 155 Å². The van der Waals surface area contributed by atoms with Crippen molar-refractivity contribution in [1.82, 2.24) is 9.62 Å². The second-order valence-corrected chi connectivity index (χ2v) is 12.6. The molecule has 2 aromatic rings. The molecule has 2 aliphatic heterocycles. The highest BCUT2D eigenvalue weighted by Gasteiger charge is 2.43. The van der Waals surface area contributed by atoms with Crippen LogP contribution in [0.15, 0.2) is 59.5 Å². The molecule has 2 aliphatic rings. The Hall–Kier alpha value is -2.42. The van der Waals surface area contributed by atoms with E-state index in [9.17, 15) is 28.5 Å². The zero-order valence-electron chi connectivity index (χ0n) is 22.6. The van der Waals surface area contributed by atoms with E-state index in [0.717, 1.165) is 12.0 Å². The van der Waals surface area contributed by atoms with Gasteiger partial charge in [-0.15, -0.1) is 0 Å². The van der Waals surface area contributed by atoms with Gasteiger partial charge in [0.15, 0.2) is 6.29 Å². The fraction of sp³-hybridized carbons (Fsp3) is 0.536. The van der Waals surface area contributed by atoms with Crippen molar-refractivity contribution in [3.63, 3.8) is 0 Å². The van der Waals surface area contributed by atoms with E-state index in [0.29, 0.717) is 13.0 Å². The molecule has 0 amide bonds. The lowest BCUT2D eigenvalue weighted by molar-refractivity contribution is -0.170. The molecule has 2 fully saturated rings. The number of fused-ring (bicyclic) bond motifs is 1. The molecule has 4 N–H and O–H groups in total. The molecule has 11 nitrogen and oxygen atoms in total. The maximum absolute atomic E-state index is 13.6. The van der Waals surface area contributed by atoms with Crippen molar-refractivity contribution in [2.24, 2.45) is 11.8 Å². The molecular formula is C28H38N2O9S. The first-order valence-electron chi connectivity index (χ1n) is 13.4. The Kier molecular flexibility index (Phi) is 10.3. The summed E-state index contributed by atoms with van der Waals surface area (Å²) in [5.74, 6) is -1.21. The lowest BCUT2D eigenvalue weighted by Gasteiger charge is -2.32. The molecule has 12 heteroatoms. The highest BCUT2D eigenvalue weighted by Crippen LogP contribution is 2.33.